The molecule has 0 aliphatic rings. The number of methoxy groups -OCH3 is 2. The highest BCUT2D eigenvalue weighted by Gasteiger charge is 2.15. The third kappa shape index (κ3) is 4.20. The Kier molecular flexibility index (Phi) is 6.06. The number of carbonyl (C=O) groups excluding carboxylic acids is 2. The maximum atomic E-state index is 12.6. The molecule has 0 aliphatic carbocycles. The first-order valence-electron chi connectivity index (χ1n) is 8.58. The number of thiophene rings is 1. The first-order chi connectivity index (χ1) is 13.5. The van der Waals surface area contributed by atoms with Crippen molar-refractivity contribution < 1.29 is 19.1 Å². The number of nitrogens with zero attached hydrogens (tertiary/aromatic N) is 1. The van der Waals surface area contributed by atoms with Crippen LogP contribution in [0.15, 0.2) is 47.8 Å². The van der Waals surface area contributed by atoms with Crippen LogP contribution in [0, 0.1) is 6.92 Å². The van der Waals surface area contributed by atoms with E-state index in [1.165, 1.54) is 14.2 Å². The fraction of sp³-hybridized carbons (Fsp3) is 0.190. The minimum atomic E-state index is -0.491. The lowest BCUT2D eigenvalue weighted by atomic mass is 10.1. The molecule has 0 atom stereocenters. The lowest BCUT2D eigenvalue weighted by molar-refractivity contribution is 0.0597. The Morgan fingerprint density at radius 3 is 2.57 bits per heavy atom. The van der Waals surface area contributed by atoms with E-state index in [0.29, 0.717) is 22.6 Å². The molecular weight excluding hydrogens is 376 g/mol. The highest BCUT2D eigenvalue weighted by atomic mass is 32.1. The Morgan fingerprint density at radius 2 is 1.93 bits per heavy atom. The number of hydrogen-bond donors (Lipinski definition) is 1. The van der Waals surface area contributed by atoms with Crippen LogP contribution >= 0.6 is 11.3 Å². The number of esters is 1. The number of amides is 1. The van der Waals surface area contributed by atoms with Crippen LogP contribution < -0.4 is 10.1 Å². The van der Waals surface area contributed by atoms with E-state index in [4.69, 9.17) is 9.47 Å². The molecule has 2 aromatic heterocycles. The summed E-state index contributed by atoms with van der Waals surface area (Å²) in [5.41, 5.74) is 3.10. The molecule has 0 saturated carbocycles. The topological polar surface area (TPSA) is 77.5 Å². The van der Waals surface area contributed by atoms with Crippen molar-refractivity contribution in [1.29, 1.82) is 0 Å². The van der Waals surface area contributed by atoms with E-state index in [1.807, 2.05) is 30.5 Å². The van der Waals surface area contributed by atoms with Crippen LogP contribution in [-0.4, -0.2) is 31.1 Å². The minimum Gasteiger partial charge on any atom is -0.496 e. The van der Waals surface area contributed by atoms with Crippen LogP contribution in [-0.2, 0) is 11.3 Å². The number of rotatable bonds is 6. The Hall–Kier alpha value is -3.19. The van der Waals surface area contributed by atoms with Crippen molar-refractivity contribution in [2.24, 2.45) is 0 Å². The average molecular weight is 396 g/mol. The number of nitrogens with one attached hydrogen (secondary N) is 1. The number of aromatic nitrogens is 1. The van der Waals surface area contributed by atoms with Gasteiger partial charge in [0.1, 0.15) is 11.3 Å². The van der Waals surface area contributed by atoms with Crippen molar-refractivity contribution in [2.75, 3.05) is 14.2 Å². The standard InChI is InChI=1S/C21H20N2O4S/c1-13-15(7-8-17(23-13)19-5-4-10-28-19)20(24)22-12-14-6-9-18(26-2)16(11-14)21(25)27-3/h4-11H,12H2,1-3H3,(H,22,24). The van der Waals surface area contributed by atoms with E-state index in [2.05, 4.69) is 10.3 Å². The molecule has 0 spiro atoms. The normalized spacial score (nSPS) is 10.4. The van der Waals surface area contributed by atoms with Crippen molar-refractivity contribution in [3.8, 4) is 16.3 Å². The van der Waals surface area contributed by atoms with Crippen molar-refractivity contribution in [3.63, 3.8) is 0 Å². The summed E-state index contributed by atoms with van der Waals surface area (Å²) < 4.78 is 9.95. The average Bonchev–Trinajstić information content (AvgIpc) is 3.26. The van der Waals surface area contributed by atoms with E-state index in [0.717, 1.165) is 16.1 Å². The van der Waals surface area contributed by atoms with Crippen molar-refractivity contribution in [3.05, 3.63) is 70.2 Å². The summed E-state index contributed by atoms with van der Waals surface area (Å²) in [5, 5.41) is 4.85. The number of carbonyl (C=O) groups is 2. The minimum absolute atomic E-state index is 0.224. The third-order valence-corrected chi connectivity index (χ3v) is 5.12. The van der Waals surface area contributed by atoms with Crippen molar-refractivity contribution in [1.82, 2.24) is 10.3 Å². The van der Waals surface area contributed by atoms with Crippen LogP contribution in [0.5, 0.6) is 5.75 Å². The molecule has 6 nitrogen and oxygen atoms in total. The molecule has 28 heavy (non-hydrogen) atoms. The van der Waals surface area contributed by atoms with Crippen LogP contribution in [0.2, 0.25) is 0 Å². The van der Waals surface area contributed by atoms with Gasteiger partial charge in [-0.2, -0.15) is 0 Å². The SMILES string of the molecule is COC(=O)c1cc(CNC(=O)c2ccc(-c3cccs3)nc2C)ccc1OC. The van der Waals surface area contributed by atoms with E-state index >= 15 is 0 Å². The van der Waals surface area contributed by atoms with Gasteiger partial charge < -0.3 is 14.8 Å². The number of hydrogen-bond acceptors (Lipinski definition) is 6. The fourth-order valence-electron chi connectivity index (χ4n) is 2.77. The molecule has 3 aromatic rings. The predicted molar refractivity (Wildman–Crippen MR) is 108 cm³/mol. The summed E-state index contributed by atoms with van der Waals surface area (Å²) in [4.78, 5) is 30.0. The highest BCUT2D eigenvalue weighted by Crippen LogP contribution is 2.24. The predicted octanol–water partition coefficient (Wildman–Crippen LogP) is 3.84. The van der Waals surface area contributed by atoms with Gasteiger partial charge >= 0.3 is 5.97 Å². The second-order valence-corrected chi connectivity index (χ2v) is 6.96. The molecular formula is C21H20N2O4S. The van der Waals surface area contributed by atoms with Gasteiger partial charge in [0.15, 0.2) is 0 Å². The first kappa shape index (κ1) is 19.6. The molecule has 0 unspecified atom stereocenters. The smallest absolute Gasteiger partial charge is 0.341 e. The molecule has 0 saturated heterocycles. The summed E-state index contributed by atoms with van der Waals surface area (Å²) in [5.74, 6) is -0.293. The molecule has 0 bridgehead atoms. The number of benzene rings is 1. The lowest BCUT2D eigenvalue weighted by Gasteiger charge is -2.11. The Balaban J connectivity index is 1.73. The molecule has 0 radical (unpaired) electrons. The second kappa shape index (κ2) is 8.67. The number of aryl methyl sites for hydroxylation is 1. The summed E-state index contributed by atoms with van der Waals surface area (Å²) in [6.07, 6.45) is 0. The van der Waals surface area contributed by atoms with Crippen LogP contribution in [0.1, 0.15) is 32.0 Å². The van der Waals surface area contributed by atoms with Gasteiger partial charge in [-0.1, -0.05) is 12.1 Å². The van der Waals surface area contributed by atoms with Gasteiger partial charge in [0.05, 0.1) is 36.0 Å². The molecule has 144 valence electrons. The molecule has 0 fully saturated rings. The molecule has 1 N–H and O–H groups in total. The second-order valence-electron chi connectivity index (χ2n) is 6.02. The maximum Gasteiger partial charge on any atom is 0.341 e. The van der Waals surface area contributed by atoms with Gasteiger partial charge in [0.25, 0.3) is 5.91 Å². The van der Waals surface area contributed by atoms with Gasteiger partial charge in [-0.15, -0.1) is 11.3 Å². The molecule has 2 heterocycles. The van der Waals surface area contributed by atoms with Crippen LogP contribution in [0.25, 0.3) is 10.6 Å². The van der Waals surface area contributed by atoms with Crippen LogP contribution in [0.3, 0.4) is 0 Å². The van der Waals surface area contributed by atoms with Gasteiger partial charge in [-0.05, 0) is 48.2 Å². The Morgan fingerprint density at radius 1 is 1.11 bits per heavy atom. The van der Waals surface area contributed by atoms with E-state index < -0.39 is 5.97 Å². The summed E-state index contributed by atoms with van der Waals surface area (Å²) in [6.45, 7) is 2.08. The zero-order chi connectivity index (χ0) is 20.1. The Bertz CT molecular complexity index is 1000. The maximum absolute atomic E-state index is 12.6. The van der Waals surface area contributed by atoms with Crippen molar-refractivity contribution in [2.45, 2.75) is 13.5 Å². The quantitative estimate of drug-likeness (QED) is 0.641. The largest absolute Gasteiger partial charge is 0.496 e. The fourth-order valence-corrected chi connectivity index (χ4v) is 3.47. The van der Waals surface area contributed by atoms with Crippen molar-refractivity contribution >= 4 is 23.2 Å². The van der Waals surface area contributed by atoms with Gasteiger partial charge in [0, 0.05) is 6.54 Å². The molecule has 1 aromatic carbocycles. The molecule has 7 heteroatoms. The summed E-state index contributed by atoms with van der Waals surface area (Å²) in [7, 11) is 2.80. The molecule has 3 rings (SSSR count). The summed E-state index contributed by atoms with van der Waals surface area (Å²) >= 11 is 1.60. The first-order valence-corrected chi connectivity index (χ1v) is 9.46. The summed E-state index contributed by atoms with van der Waals surface area (Å²) in [6, 6.07) is 12.7. The third-order valence-electron chi connectivity index (χ3n) is 4.23. The zero-order valence-electron chi connectivity index (χ0n) is 15.8. The van der Waals surface area contributed by atoms with E-state index in [1.54, 1.807) is 35.6 Å². The lowest BCUT2D eigenvalue weighted by Crippen LogP contribution is -2.24. The molecule has 0 aliphatic heterocycles. The number of pyridine rings is 1. The van der Waals surface area contributed by atoms with Crippen LogP contribution in [0.4, 0.5) is 0 Å². The zero-order valence-corrected chi connectivity index (χ0v) is 16.6. The van der Waals surface area contributed by atoms with Gasteiger partial charge in [-0.25, -0.2) is 4.79 Å². The van der Waals surface area contributed by atoms with E-state index in [9.17, 15) is 9.59 Å². The van der Waals surface area contributed by atoms with E-state index in [-0.39, 0.29) is 12.5 Å². The number of ether oxygens (including phenoxy) is 2. The highest BCUT2D eigenvalue weighted by molar-refractivity contribution is 7.13. The van der Waals surface area contributed by atoms with Gasteiger partial charge in [-0.3, -0.25) is 9.78 Å². The van der Waals surface area contributed by atoms with Gasteiger partial charge in [0.2, 0.25) is 0 Å². The molecule has 1 amide bonds. The Labute approximate surface area is 167 Å². The monoisotopic (exact) mass is 396 g/mol.